The Bertz CT molecular complexity index is 901. The Morgan fingerprint density at radius 2 is 1.85 bits per heavy atom. The molecule has 0 amide bonds. The molecule has 2 fully saturated rings. The maximum absolute atomic E-state index is 10.6. The third-order valence-corrected chi connectivity index (χ3v) is 9.16. The van der Waals surface area contributed by atoms with E-state index in [9.17, 15) is 20.4 Å². The van der Waals surface area contributed by atoms with Crippen LogP contribution in [0.5, 0.6) is 5.75 Å². The average molecular weight is 475 g/mol. The fraction of sp³-hybridized carbons (Fsp3) is 0.704. The van der Waals surface area contributed by atoms with Gasteiger partial charge in [-0.2, -0.15) is 0 Å². The molecule has 0 unspecified atom stereocenters. The van der Waals surface area contributed by atoms with Gasteiger partial charge < -0.3 is 34.6 Å². The Hall–Kier alpha value is -1.48. The Morgan fingerprint density at radius 1 is 1.06 bits per heavy atom. The fourth-order valence-corrected chi connectivity index (χ4v) is 7.16. The molecule has 1 aliphatic heterocycles. The van der Waals surface area contributed by atoms with Crippen LogP contribution >= 0.6 is 0 Å². The number of rotatable bonds is 4. The van der Waals surface area contributed by atoms with Crippen molar-refractivity contribution < 1.29 is 34.6 Å². The number of benzene rings is 1. The Balaban J connectivity index is 1.39. The fourth-order valence-electron chi connectivity index (χ4n) is 7.16. The second-order valence-electron chi connectivity index (χ2n) is 10.8. The SMILES string of the molecule is COc1ccc2c(c1)CC[C@@H]1[C@@H]2CC[C@]2(C)[C@H](O[C@@H]3O[C@H](CO)[C@H](O)[C@H](O)[C@H]3O)CC=CC[C@@H]12. The van der Waals surface area contributed by atoms with Gasteiger partial charge in [0.1, 0.15) is 30.2 Å². The van der Waals surface area contributed by atoms with Crippen molar-refractivity contribution in [3.8, 4) is 5.75 Å². The molecule has 1 saturated carbocycles. The van der Waals surface area contributed by atoms with E-state index in [1.807, 2.05) is 0 Å². The summed E-state index contributed by atoms with van der Waals surface area (Å²) < 4.78 is 17.6. The van der Waals surface area contributed by atoms with Gasteiger partial charge in [-0.1, -0.05) is 25.1 Å². The van der Waals surface area contributed by atoms with Crippen molar-refractivity contribution >= 4 is 0 Å². The van der Waals surface area contributed by atoms with E-state index in [1.54, 1.807) is 7.11 Å². The number of fused-ring (bicyclic) bond motifs is 5. The molecule has 1 heterocycles. The highest BCUT2D eigenvalue weighted by atomic mass is 16.7. The lowest BCUT2D eigenvalue weighted by atomic mass is 9.52. The van der Waals surface area contributed by atoms with E-state index in [4.69, 9.17) is 14.2 Å². The van der Waals surface area contributed by atoms with Gasteiger partial charge in [-0.25, -0.2) is 0 Å². The van der Waals surface area contributed by atoms with Crippen molar-refractivity contribution in [1.29, 1.82) is 0 Å². The van der Waals surface area contributed by atoms with E-state index in [0.29, 0.717) is 24.2 Å². The van der Waals surface area contributed by atoms with Crippen molar-refractivity contribution in [2.24, 2.45) is 17.3 Å². The van der Waals surface area contributed by atoms with E-state index >= 15 is 0 Å². The number of methoxy groups -OCH3 is 1. The molecule has 0 spiro atoms. The minimum absolute atomic E-state index is 0.118. The van der Waals surface area contributed by atoms with Gasteiger partial charge in [0.2, 0.25) is 0 Å². The first-order chi connectivity index (χ1) is 16.4. The molecule has 1 aromatic carbocycles. The molecule has 4 N–H and O–H groups in total. The summed E-state index contributed by atoms with van der Waals surface area (Å²) in [5.41, 5.74) is 2.74. The molecule has 34 heavy (non-hydrogen) atoms. The number of hydrogen-bond acceptors (Lipinski definition) is 7. The van der Waals surface area contributed by atoms with Gasteiger partial charge in [0, 0.05) is 0 Å². The van der Waals surface area contributed by atoms with E-state index in [0.717, 1.165) is 37.9 Å². The topological polar surface area (TPSA) is 109 Å². The molecule has 1 aromatic rings. The largest absolute Gasteiger partial charge is 0.497 e. The standard InChI is InChI=1S/C27H38O7/c1-27-12-11-18-17-10-8-16(32-2)13-15(17)7-9-19(18)20(27)5-3-4-6-22(27)34-26-25(31)24(30)23(29)21(14-28)33-26/h3-4,8,10,13,18-26,28-31H,5-7,9,11-12,14H2,1-2H3/t18-,19-,20+,21-,22-,23+,24+,25-,26+,27+/m1/s1. The summed E-state index contributed by atoms with van der Waals surface area (Å²) >= 11 is 0. The number of hydrogen-bond donors (Lipinski definition) is 4. The van der Waals surface area contributed by atoms with Gasteiger partial charge in [0.25, 0.3) is 0 Å². The van der Waals surface area contributed by atoms with Crippen LogP contribution in [0.15, 0.2) is 30.4 Å². The predicted octanol–water partition coefficient (Wildman–Crippen LogP) is 2.29. The summed E-state index contributed by atoms with van der Waals surface area (Å²) in [4.78, 5) is 0. The van der Waals surface area contributed by atoms with Crippen LogP contribution in [0.4, 0.5) is 0 Å². The monoisotopic (exact) mass is 474 g/mol. The lowest BCUT2D eigenvalue weighted by molar-refractivity contribution is -0.322. The van der Waals surface area contributed by atoms with Gasteiger partial charge >= 0.3 is 0 Å². The van der Waals surface area contributed by atoms with E-state index in [2.05, 4.69) is 37.3 Å². The summed E-state index contributed by atoms with van der Waals surface area (Å²) in [5.74, 6) is 2.41. The molecular weight excluding hydrogens is 436 g/mol. The molecule has 0 bridgehead atoms. The quantitative estimate of drug-likeness (QED) is 0.496. The van der Waals surface area contributed by atoms with Crippen LogP contribution in [0.1, 0.15) is 56.1 Å². The first kappa shape index (κ1) is 24.2. The third kappa shape index (κ3) is 4.00. The molecule has 1 saturated heterocycles. The number of aliphatic hydroxyl groups excluding tert-OH is 4. The van der Waals surface area contributed by atoms with Crippen molar-refractivity contribution in [2.45, 2.75) is 88.2 Å². The first-order valence-electron chi connectivity index (χ1n) is 12.6. The van der Waals surface area contributed by atoms with Crippen LogP contribution in [-0.4, -0.2) is 71.0 Å². The minimum atomic E-state index is -1.43. The lowest BCUT2D eigenvalue weighted by Gasteiger charge is -2.54. The molecule has 0 aromatic heterocycles. The van der Waals surface area contributed by atoms with Crippen LogP contribution < -0.4 is 4.74 Å². The maximum atomic E-state index is 10.6. The average Bonchev–Trinajstić information content (AvgIpc) is 3.02. The van der Waals surface area contributed by atoms with Gasteiger partial charge in [-0.05, 0) is 85.0 Å². The summed E-state index contributed by atoms with van der Waals surface area (Å²) in [6, 6.07) is 6.52. The zero-order valence-corrected chi connectivity index (χ0v) is 20.0. The zero-order chi connectivity index (χ0) is 24.0. The Morgan fingerprint density at radius 3 is 2.62 bits per heavy atom. The molecule has 5 rings (SSSR count). The van der Waals surface area contributed by atoms with Crippen molar-refractivity contribution in [2.75, 3.05) is 13.7 Å². The highest BCUT2D eigenvalue weighted by Crippen LogP contribution is 2.59. The third-order valence-electron chi connectivity index (χ3n) is 9.16. The number of aliphatic hydroxyl groups is 4. The van der Waals surface area contributed by atoms with E-state index in [1.165, 1.54) is 11.1 Å². The second kappa shape index (κ2) is 9.52. The predicted molar refractivity (Wildman–Crippen MR) is 125 cm³/mol. The van der Waals surface area contributed by atoms with Crippen LogP contribution in [0, 0.1) is 17.3 Å². The molecule has 3 aliphatic carbocycles. The van der Waals surface area contributed by atoms with Crippen molar-refractivity contribution in [3.63, 3.8) is 0 Å². The lowest BCUT2D eigenvalue weighted by Crippen LogP contribution is -2.61. The van der Waals surface area contributed by atoms with Gasteiger partial charge in [-0.3, -0.25) is 0 Å². The van der Waals surface area contributed by atoms with E-state index < -0.39 is 37.3 Å². The second-order valence-corrected chi connectivity index (χ2v) is 10.8. The maximum Gasteiger partial charge on any atom is 0.187 e. The number of ether oxygens (including phenoxy) is 3. The summed E-state index contributed by atoms with van der Waals surface area (Å²) in [7, 11) is 1.72. The first-order valence-corrected chi connectivity index (χ1v) is 12.6. The van der Waals surface area contributed by atoms with Gasteiger partial charge in [0.15, 0.2) is 6.29 Å². The normalized spacial score (nSPS) is 43.9. The van der Waals surface area contributed by atoms with Gasteiger partial charge in [0.05, 0.1) is 19.8 Å². The summed E-state index contributed by atoms with van der Waals surface area (Å²) in [6.45, 7) is 1.85. The molecule has 7 nitrogen and oxygen atoms in total. The summed E-state index contributed by atoms with van der Waals surface area (Å²) in [5, 5.41) is 40.5. The van der Waals surface area contributed by atoms with Crippen LogP contribution in [0.2, 0.25) is 0 Å². The number of allylic oxidation sites excluding steroid dienone is 1. The molecule has 4 aliphatic rings. The molecule has 7 heteroatoms. The van der Waals surface area contributed by atoms with E-state index in [-0.39, 0.29) is 11.5 Å². The minimum Gasteiger partial charge on any atom is -0.497 e. The molecule has 10 atom stereocenters. The van der Waals surface area contributed by atoms with Crippen LogP contribution in [-0.2, 0) is 15.9 Å². The highest BCUT2D eigenvalue weighted by Gasteiger charge is 2.54. The van der Waals surface area contributed by atoms with Crippen LogP contribution in [0.3, 0.4) is 0 Å². The molecule has 0 radical (unpaired) electrons. The van der Waals surface area contributed by atoms with Crippen molar-refractivity contribution in [3.05, 3.63) is 41.5 Å². The Labute approximate surface area is 201 Å². The van der Waals surface area contributed by atoms with Gasteiger partial charge in [-0.15, -0.1) is 0 Å². The smallest absolute Gasteiger partial charge is 0.187 e. The van der Waals surface area contributed by atoms with Crippen molar-refractivity contribution in [1.82, 2.24) is 0 Å². The molecule has 188 valence electrons. The zero-order valence-electron chi connectivity index (χ0n) is 20.0. The Kier molecular flexibility index (Phi) is 6.79. The highest BCUT2D eigenvalue weighted by molar-refractivity contribution is 5.40. The number of aryl methyl sites for hydroxylation is 1. The summed E-state index contributed by atoms with van der Waals surface area (Å²) in [6.07, 6.45) is 3.93. The van der Waals surface area contributed by atoms with Crippen LogP contribution in [0.25, 0.3) is 0 Å². The molecular formula is C27H38O7.